The maximum atomic E-state index is 10.1. The molecule has 0 aromatic heterocycles. The Morgan fingerprint density at radius 1 is 1.20 bits per heavy atom. The van der Waals surface area contributed by atoms with Gasteiger partial charge in [-0.05, 0) is 42.4 Å². The van der Waals surface area contributed by atoms with Crippen molar-refractivity contribution >= 4 is 0 Å². The molecule has 1 aromatic rings. The quantitative estimate of drug-likeness (QED) is 0.823. The molecule has 0 bridgehead atoms. The van der Waals surface area contributed by atoms with Gasteiger partial charge in [-0.25, -0.2) is 0 Å². The lowest BCUT2D eigenvalue weighted by atomic mass is 9.86. The highest BCUT2D eigenvalue weighted by atomic mass is 16.5. The Morgan fingerprint density at radius 3 is 2.30 bits per heavy atom. The summed E-state index contributed by atoms with van der Waals surface area (Å²) in [5, 5.41) is 10.1. The summed E-state index contributed by atoms with van der Waals surface area (Å²) in [6.07, 6.45) is 2.09. The molecule has 1 N–H and O–H groups in total. The number of hydrogen-bond donors (Lipinski definition) is 1. The lowest BCUT2D eigenvalue weighted by molar-refractivity contribution is 0.0280. The summed E-state index contributed by atoms with van der Waals surface area (Å²) in [7, 11) is 0. The molecule has 20 heavy (non-hydrogen) atoms. The van der Waals surface area contributed by atoms with Gasteiger partial charge in [-0.2, -0.15) is 0 Å². The molecule has 114 valence electrons. The van der Waals surface area contributed by atoms with E-state index in [4.69, 9.17) is 4.74 Å². The zero-order chi connectivity index (χ0) is 15.3. The van der Waals surface area contributed by atoms with Gasteiger partial charge in [-0.15, -0.1) is 0 Å². The first-order valence-electron chi connectivity index (χ1n) is 7.75. The van der Waals surface area contributed by atoms with E-state index < -0.39 is 0 Å². The summed E-state index contributed by atoms with van der Waals surface area (Å²) in [5.41, 5.74) is 2.60. The molecular formula is C18H30O2. The second kappa shape index (κ2) is 7.12. The first-order chi connectivity index (χ1) is 9.29. The van der Waals surface area contributed by atoms with Gasteiger partial charge < -0.3 is 9.84 Å². The fourth-order valence-corrected chi connectivity index (χ4v) is 2.33. The van der Waals surface area contributed by atoms with Crippen LogP contribution in [0.2, 0.25) is 0 Å². The topological polar surface area (TPSA) is 29.5 Å². The van der Waals surface area contributed by atoms with Crippen LogP contribution in [0, 0.1) is 6.92 Å². The van der Waals surface area contributed by atoms with E-state index >= 15 is 0 Å². The van der Waals surface area contributed by atoms with E-state index in [1.165, 1.54) is 5.56 Å². The molecule has 0 spiro atoms. The van der Waals surface area contributed by atoms with Crippen LogP contribution in [-0.2, 0) is 5.41 Å². The third kappa shape index (κ3) is 4.52. The second-order valence-electron chi connectivity index (χ2n) is 6.65. The largest absolute Gasteiger partial charge is 0.487 e. The number of ether oxygens (including phenoxy) is 1. The summed E-state index contributed by atoms with van der Waals surface area (Å²) in [5.74, 6) is 0.889. The van der Waals surface area contributed by atoms with Crippen molar-refractivity contribution in [2.45, 2.75) is 78.4 Å². The third-order valence-electron chi connectivity index (χ3n) is 3.74. The zero-order valence-corrected chi connectivity index (χ0v) is 13.9. The highest BCUT2D eigenvalue weighted by Crippen LogP contribution is 2.28. The van der Waals surface area contributed by atoms with E-state index in [-0.39, 0.29) is 17.6 Å². The van der Waals surface area contributed by atoms with Gasteiger partial charge in [-0.1, -0.05) is 53.2 Å². The Balaban J connectivity index is 2.87. The molecule has 0 aliphatic rings. The number of aliphatic hydroxyl groups excluding tert-OH is 1. The number of aryl methyl sites for hydroxylation is 1. The SMILES string of the molecule is CCCC(O)C(CC)Oc1ccc(C(C)(C)C)cc1C. The molecule has 0 saturated heterocycles. The van der Waals surface area contributed by atoms with Crippen molar-refractivity contribution in [3.63, 3.8) is 0 Å². The molecule has 2 unspecified atom stereocenters. The van der Waals surface area contributed by atoms with Crippen LogP contribution in [0.4, 0.5) is 0 Å². The molecule has 0 heterocycles. The van der Waals surface area contributed by atoms with Crippen LogP contribution < -0.4 is 4.74 Å². The average molecular weight is 278 g/mol. The minimum absolute atomic E-state index is 0.117. The monoisotopic (exact) mass is 278 g/mol. The summed E-state index contributed by atoms with van der Waals surface area (Å²) >= 11 is 0. The Morgan fingerprint density at radius 2 is 1.85 bits per heavy atom. The van der Waals surface area contributed by atoms with E-state index in [1.54, 1.807) is 0 Å². The second-order valence-corrected chi connectivity index (χ2v) is 6.65. The summed E-state index contributed by atoms with van der Waals surface area (Å²) < 4.78 is 6.03. The van der Waals surface area contributed by atoms with Crippen molar-refractivity contribution in [3.05, 3.63) is 29.3 Å². The molecule has 2 atom stereocenters. The van der Waals surface area contributed by atoms with Crippen LogP contribution in [0.5, 0.6) is 5.75 Å². The fourth-order valence-electron chi connectivity index (χ4n) is 2.33. The Bertz CT molecular complexity index is 418. The first kappa shape index (κ1) is 17.0. The molecule has 0 radical (unpaired) electrons. The maximum Gasteiger partial charge on any atom is 0.124 e. The summed E-state index contributed by atoms with van der Waals surface area (Å²) in [6, 6.07) is 6.35. The Kier molecular flexibility index (Phi) is 6.07. The van der Waals surface area contributed by atoms with Crippen molar-refractivity contribution in [2.75, 3.05) is 0 Å². The first-order valence-corrected chi connectivity index (χ1v) is 7.75. The standard InChI is InChI=1S/C18H30O2/c1-7-9-15(19)16(8-2)20-17-11-10-14(12-13(17)3)18(4,5)6/h10-12,15-16,19H,7-9H2,1-6H3. The summed E-state index contributed by atoms with van der Waals surface area (Å²) in [4.78, 5) is 0. The van der Waals surface area contributed by atoms with Gasteiger partial charge in [0.1, 0.15) is 11.9 Å². The van der Waals surface area contributed by atoms with Crippen molar-refractivity contribution in [1.29, 1.82) is 0 Å². The average Bonchev–Trinajstić information content (AvgIpc) is 2.36. The highest BCUT2D eigenvalue weighted by Gasteiger charge is 2.20. The molecular weight excluding hydrogens is 248 g/mol. The normalized spacial score (nSPS) is 14.9. The molecule has 2 nitrogen and oxygen atoms in total. The van der Waals surface area contributed by atoms with Crippen molar-refractivity contribution in [3.8, 4) is 5.75 Å². The smallest absolute Gasteiger partial charge is 0.124 e. The van der Waals surface area contributed by atoms with Crippen molar-refractivity contribution < 1.29 is 9.84 Å². The predicted molar refractivity (Wildman–Crippen MR) is 85.5 cm³/mol. The van der Waals surface area contributed by atoms with Crippen LogP contribution in [0.25, 0.3) is 0 Å². The van der Waals surface area contributed by atoms with Crippen LogP contribution in [-0.4, -0.2) is 17.3 Å². The van der Waals surface area contributed by atoms with Gasteiger partial charge in [0.05, 0.1) is 6.10 Å². The van der Waals surface area contributed by atoms with Crippen LogP contribution in [0.1, 0.15) is 65.0 Å². The molecule has 0 saturated carbocycles. The fraction of sp³-hybridized carbons (Fsp3) is 0.667. The highest BCUT2D eigenvalue weighted by molar-refractivity contribution is 5.38. The molecule has 2 heteroatoms. The Labute approximate surface area is 124 Å². The van der Waals surface area contributed by atoms with Gasteiger partial charge in [-0.3, -0.25) is 0 Å². The van der Waals surface area contributed by atoms with Gasteiger partial charge in [0, 0.05) is 0 Å². The number of aliphatic hydroxyl groups is 1. The molecule has 0 fully saturated rings. The molecule has 0 aliphatic heterocycles. The summed E-state index contributed by atoms with van der Waals surface area (Å²) in [6.45, 7) is 12.8. The van der Waals surface area contributed by atoms with E-state index in [9.17, 15) is 5.11 Å². The van der Waals surface area contributed by atoms with Crippen LogP contribution in [0.3, 0.4) is 0 Å². The van der Waals surface area contributed by atoms with Gasteiger partial charge >= 0.3 is 0 Å². The lowest BCUT2D eigenvalue weighted by Crippen LogP contribution is -2.31. The van der Waals surface area contributed by atoms with E-state index in [0.29, 0.717) is 0 Å². The predicted octanol–water partition coefficient (Wildman–Crippen LogP) is 4.61. The van der Waals surface area contributed by atoms with Crippen molar-refractivity contribution in [2.24, 2.45) is 0 Å². The van der Waals surface area contributed by atoms with Gasteiger partial charge in [0.2, 0.25) is 0 Å². The number of hydrogen-bond acceptors (Lipinski definition) is 2. The lowest BCUT2D eigenvalue weighted by Gasteiger charge is -2.25. The molecule has 1 rings (SSSR count). The minimum atomic E-state index is -0.383. The van der Waals surface area contributed by atoms with Gasteiger partial charge in [0.15, 0.2) is 0 Å². The number of benzene rings is 1. The molecule has 0 aliphatic carbocycles. The zero-order valence-electron chi connectivity index (χ0n) is 13.9. The molecule has 0 amide bonds. The number of rotatable bonds is 6. The molecule has 1 aromatic carbocycles. The van der Waals surface area contributed by atoms with E-state index in [0.717, 1.165) is 30.6 Å². The van der Waals surface area contributed by atoms with Crippen LogP contribution >= 0.6 is 0 Å². The maximum absolute atomic E-state index is 10.1. The third-order valence-corrected chi connectivity index (χ3v) is 3.74. The minimum Gasteiger partial charge on any atom is -0.487 e. The van der Waals surface area contributed by atoms with Gasteiger partial charge in [0.25, 0.3) is 0 Å². The van der Waals surface area contributed by atoms with E-state index in [2.05, 4.69) is 53.7 Å². The van der Waals surface area contributed by atoms with Crippen LogP contribution in [0.15, 0.2) is 18.2 Å². The Hall–Kier alpha value is -1.02. The van der Waals surface area contributed by atoms with Crippen molar-refractivity contribution in [1.82, 2.24) is 0 Å². The van der Waals surface area contributed by atoms with E-state index in [1.807, 2.05) is 6.07 Å².